The summed E-state index contributed by atoms with van der Waals surface area (Å²) in [5.74, 6) is 0. The molecule has 0 aromatic carbocycles. The van der Waals surface area contributed by atoms with Gasteiger partial charge in [0.1, 0.15) is 0 Å². The number of aromatic nitrogens is 2. The van der Waals surface area contributed by atoms with Gasteiger partial charge in [0, 0.05) is 13.1 Å². The maximum atomic E-state index is 11.9. The van der Waals surface area contributed by atoms with Crippen molar-refractivity contribution in [3.63, 3.8) is 0 Å². The van der Waals surface area contributed by atoms with Gasteiger partial charge >= 0.3 is 0 Å². The summed E-state index contributed by atoms with van der Waals surface area (Å²) in [5.41, 5.74) is 5.29. The highest BCUT2D eigenvalue weighted by molar-refractivity contribution is 7.91. The zero-order valence-corrected chi connectivity index (χ0v) is 9.65. The molecule has 0 saturated carbocycles. The van der Waals surface area contributed by atoms with E-state index in [0.717, 1.165) is 15.6 Å². The quantitative estimate of drug-likeness (QED) is 0.556. The third-order valence-corrected chi connectivity index (χ3v) is 5.14. The molecule has 2 rings (SSSR count). The van der Waals surface area contributed by atoms with Crippen LogP contribution in [0, 0.1) is 0 Å². The Kier molecular flexibility index (Phi) is 2.84. The topological polar surface area (TPSA) is 130 Å². The van der Waals surface area contributed by atoms with Crippen molar-refractivity contribution in [2.24, 2.45) is 0 Å². The number of nitrogens with zero attached hydrogens (tertiary/aromatic N) is 3. The second-order valence-corrected chi connectivity index (χ2v) is 6.48. The second kappa shape index (κ2) is 3.89. The summed E-state index contributed by atoms with van der Waals surface area (Å²) in [6, 6.07) is 0. The van der Waals surface area contributed by atoms with Crippen LogP contribution in [0.3, 0.4) is 0 Å². The van der Waals surface area contributed by atoms with Crippen LogP contribution in [0.15, 0.2) is 4.34 Å². The molecule has 0 aliphatic carbocycles. The smallest absolute Gasteiger partial charge is 0.272 e. The highest BCUT2D eigenvalue weighted by atomic mass is 32.2. The largest absolute Gasteiger partial charge is 0.389 e. The van der Waals surface area contributed by atoms with Crippen LogP contribution in [0.2, 0.25) is 0 Å². The predicted molar refractivity (Wildman–Crippen MR) is 55.1 cm³/mol. The molecule has 1 saturated heterocycles. The molecule has 4 N–H and O–H groups in total. The van der Waals surface area contributed by atoms with Gasteiger partial charge in [0.15, 0.2) is 0 Å². The lowest BCUT2D eigenvalue weighted by Crippen LogP contribution is -2.29. The summed E-state index contributed by atoms with van der Waals surface area (Å²) in [7, 11) is -3.81. The van der Waals surface area contributed by atoms with Crippen molar-refractivity contribution in [3.05, 3.63) is 0 Å². The van der Waals surface area contributed by atoms with Gasteiger partial charge < -0.3 is 15.9 Å². The molecule has 1 aliphatic rings. The number of hydrogen-bond acceptors (Lipinski definition) is 8. The molecule has 10 heteroatoms. The van der Waals surface area contributed by atoms with Crippen molar-refractivity contribution in [2.75, 3.05) is 18.8 Å². The Morgan fingerprint density at radius 1 is 1.31 bits per heavy atom. The first kappa shape index (κ1) is 11.7. The average Bonchev–Trinajstić information content (AvgIpc) is 2.75. The van der Waals surface area contributed by atoms with Crippen LogP contribution in [-0.2, 0) is 10.0 Å². The SMILES string of the molecule is Nc1nnc(S(=O)(=O)N2CC(O)C(O)C2)s1. The zero-order valence-electron chi connectivity index (χ0n) is 8.02. The molecule has 1 aromatic rings. The van der Waals surface area contributed by atoms with Crippen molar-refractivity contribution in [1.29, 1.82) is 0 Å². The Bertz CT molecular complexity index is 476. The van der Waals surface area contributed by atoms with E-state index in [1.165, 1.54) is 0 Å². The average molecular weight is 266 g/mol. The first-order chi connectivity index (χ1) is 7.41. The first-order valence-electron chi connectivity index (χ1n) is 4.36. The van der Waals surface area contributed by atoms with Gasteiger partial charge in [-0.15, -0.1) is 10.2 Å². The van der Waals surface area contributed by atoms with Crippen LogP contribution in [0.4, 0.5) is 5.13 Å². The maximum Gasteiger partial charge on any atom is 0.272 e. The Hall–Kier alpha value is -0.810. The van der Waals surface area contributed by atoms with E-state index in [2.05, 4.69) is 10.2 Å². The van der Waals surface area contributed by atoms with E-state index in [-0.39, 0.29) is 22.6 Å². The Morgan fingerprint density at radius 2 is 1.88 bits per heavy atom. The van der Waals surface area contributed by atoms with Crippen molar-refractivity contribution in [1.82, 2.24) is 14.5 Å². The van der Waals surface area contributed by atoms with Gasteiger partial charge in [-0.3, -0.25) is 0 Å². The standard InChI is InChI=1S/C6H10N4O4S2/c7-5-8-9-6(15-5)16(13,14)10-1-3(11)4(12)2-10/h3-4,11-12H,1-2H2,(H2,7,8). The van der Waals surface area contributed by atoms with E-state index in [1.54, 1.807) is 0 Å². The monoisotopic (exact) mass is 266 g/mol. The lowest BCUT2D eigenvalue weighted by atomic mass is 10.3. The molecule has 0 radical (unpaired) electrons. The molecule has 1 aromatic heterocycles. The van der Waals surface area contributed by atoms with Crippen molar-refractivity contribution >= 4 is 26.5 Å². The van der Waals surface area contributed by atoms with E-state index in [1.807, 2.05) is 0 Å². The molecule has 2 heterocycles. The van der Waals surface area contributed by atoms with E-state index in [9.17, 15) is 18.6 Å². The predicted octanol–water partition coefficient (Wildman–Crippen LogP) is -2.15. The van der Waals surface area contributed by atoms with Crippen LogP contribution in [0.25, 0.3) is 0 Å². The number of aliphatic hydroxyl groups is 2. The van der Waals surface area contributed by atoms with Crippen LogP contribution in [-0.4, -0.2) is 58.4 Å². The molecule has 90 valence electrons. The number of rotatable bonds is 2. The number of nitrogens with two attached hydrogens (primary N) is 1. The molecule has 0 bridgehead atoms. The Balaban J connectivity index is 2.27. The summed E-state index contributed by atoms with van der Waals surface area (Å²) in [6.45, 7) is -0.300. The molecule has 0 spiro atoms. The number of hydrogen-bond donors (Lipinski definition) is 3. The van der Waals surface area contributed by atoms with Gasteiger partial charge in [-0.05, 0) is 0 Å². The normalized spacial score (nSPS) is 27.4. The molecular formula is C6H10N4O4S2. The summed E-state index contributed by atoms with van der Waals surface area (Å²) in [6.07, 6.45) is -2.14. The van der Waals surface area contributed by atoms with Crippen LogP contribution in [0.5, 0.6) is 0 Å². The van der Waals surface area contributed by atoms with Crippen molar-refractivity contribution < 1.29 is 18.6 Å². The van der Waals surface area contributed by atoms with E-state index >= 15 is 0 Å². The van der Waals surface area contributed by atoms with Gasteiger partial charge in [0.05, 0.1) is 12.2 Å². The molecule has 0 amide bonds. The van der Waals surface area contributed by atoms with Gasteiger partial charge in [-0.25, -0.2) is 8.42 Å². The molecular weight excluding hydrogens is 256 g/mol. The van der Waals surface area contributed by atoms with Crippen LogP contribution < -0.4 is 5.73 Å². The summed E-state index contributed by atoms with van der Waals surface area (Å²) >= 11 is 0.747. The molecule has 2 atom stereocenters. The first-order valence-corrected chi connectivity index (χ1v) is 6.62. The fourth-order valence-electron chi connectivity index (χ4n) is 1.37. The van der Waals surface area contributed by atoms with E-state index < -0.39 is 22.2 Å². The minimum atomic E-state index is -3.81. The van der Waals surface area contributed by atoms with E-state index in [0.29, 0.717) is 0 Å². The van der Waals surface area contributed by atoms with E-state index in [4.69, 9.17) is 5.73 Å². The molecule has 2 unspecified atom stereocenters. The summed E-state index contributed by atoms with van der Waals surface area (Å²) in [5, 5.41) is 25.4. The summed E-state index contributed by atoms with van der Waals surface area (Å²) < 4.78 is 24.5. The highest BCUT2D eigenvalue weighted by Gasteiger charge is 2.39. The Labute approximate surface area is 95.4 Å². The third-order valence-electron chi connectivity index (χ3n) is 2.21. The minimum Gasteiger partial charge on any atom is -0.389 e. The molecule has 8 nitrogen and oxygen atoms in total. The van der Waals surface area contributed by atoms with Gasteiger partial charge in [0.25, 0.3) is 10.0 Å². The molecule has 1 fully saturated rings. The fourth-order valence-corrected chi connectivity index (χ4v) is 3.77. The van der Waals surface area contributed by atoms with Crippen molar-refractivity contribution in [3.8, 4) is 0 Å². The van der Waals surface area contributed by atoms with Crippen LogP contribution in [0.1, 0.15) is 0 Å². The number of aliphatic hydroxyl groups excluding tert-OH is 2. The number of anilines is 1. The fraction of sp³-hybridized carbons (Fsp3) is 0.667. The summed E-state index contributed by atoms with van der Waals surface area (Å²) in [4.78, 5) is 0. The number of β-amino-alcohol motifs (C(OH)–C–C–N with tert-alkyl or cyclic N) is 2. The Morgan fingerprint density at radius 3 is 2.31 bits per heavy atom. The molecule has 16 heavy (non-hydrogen) atoms. The van der Waals surface area contributed by atoms with Gasteiger partial charge in [-0.1, -0.05) is 11.3 Å². The lowest BCUT2D eigenvalue weighted by molar-refractivity contribution is 0.0572. The van der Waals surface area contributed by atoms with Gasteiger partial charge in [-0.2, -0.15) is 4.31 Å². The molecule has 1 aliphatic heterocycles. The maximum absolute atomic E-state index is 11.9. The van der Waals surface area contributed by atoms with Crippen LogP contribution >= 0.6 is 11.3 Å². The van der Waals surface area contributed by atoms with Gasteiger partial charge in [0.2, 0.25) is 9.47 Å². The highest BCUT2D eigenvalue weighted by Crippen LogP contribution is 2.24. The lowest BCUT2D eigenvalue weighted by Gasteiger charge is -2.12. The number of nitrogen functional groups attached to an aromatic ring is 1. The zero-order chi connectivity index (χ0) is 11.9. The third kappa shape index (κ3) is 1.89. The minimum absolute atomic E-state index is 0.0545. The number of sulfonamides is 1. The van der Waals surface area contributed by atoms with Crippen molar-refractivity contribution in [2.45, 2.75) is 16.5 Å². The second-order valence-electron chi connectivity index (χ2n) is 3.36.